The summed E-state index contributed by atoms with van der Waals surface area (Å²) < 4.78 is 12.6. The third kappa shape index (κ3) is 4.48. The molecule has 11 nitrogen and oxygen atoms in total. The Morgan fingerprint density at radius 1 is 1.17 bits per heavy atom. The van der Waals surface area contributed by atoms with Gasteiger partial charge in [-0.2, -0.15) is 0 Å². The molecule has 0 bridgehead atoms. The lowest BCUT2D eigenvalue weighted by molar-refractivity contribution is -0.131. The van der Waals surface area contributed by atoms with Gasteiger partial charge in [-0.25, -0.2) is 9.78 Å². The maximum absolute atomic E-state index is 13.1. The molecule has 3 heterocycles. The molecule has 0 spiro atoms. The van der Waals surface area contributed by atoms with Crippen LogP contribution < -0.4 is 31.6 Å². The number of ether oxygens (including phenoxy) is 2. The molecule has 35 heavy (non-hydrogen) atoms. The van der Waals surface area contributed by atoms with Crippen LogP contribution in [0, 0.1) is 5.92 Å². The van der Waals surface area contributed by atoms with E-state index in [4.69, 9.17) is 9.47 Å². The van der Waals surface area contributed by atoms with E-state index in [0.717, 1.165) is 12.8 Å². The second-order valence-electron chi connectivity index (χ2n) is 9.14. The van der Waals surface area contributed by atoms with Crippen molar-refractivity contribution in [1.82, 2.24) is 25.4 Å². The topological polar surface area (TPSA) is 144 Å². The molecule has 1 aliphatic heterocycles. The first-order valence-electron chi connectivity index (χ1n) is 11.5. The summed E-state index contributed by atoms with van der Waals surface area (Å²) in [6.07, 6.45) is 0.851. The molecule has 1 fully saturated rings. The van der Waals surface area contributed by atoms with Crippen LogP contribution in [-0.4, -0.2) is 39.1 Å². The Hall–Kier alpha value is -4.15. The minimum Gasteiger partial charge on any atom is -0.485 e. The van der Waals surface area contributed by atoms with Crippen molar-refractivity contribution in [2.45, 2.75) is 45.3 Å². The van der Waals surface area contributed by atoms with Gasteiger partial charge in [-0.3, -0.25) is 34.8 Å². The van der Waals surface area contributed by atoms with Crippen molar-refractivity contribution in [2.75, 3.05) is 6.61 Å². The molecule has 1 saturated carbocycles. The Bertz CT molecular complexity index is 1440. The standard InChI is InChI=1S/C24H25N5O6/c1-12(2)10-29-20-19(23(32)26-24(29)33)14(9-15(25-20)13-7-8-13)21(30)27-28-22(31)18-11-34-16-5-3-4-6-17(16)35-18/h3-6,9,12-13,18H,7-8,10-11H2,1-2H3,(H,27,30)(H,28,31)(H,26,32,33). The van der Waals surface area contributed by atoms with Gasteiger partial charge in [-0.15, -0.1) is 0 Å². The fourth-order valence-corrected chi connectivity index (χ4v) is 4.01. The van der Waals surface area contributed by atoms with Gasteiger partial charge in [0.2, 0.25) is 6.10 Å². The van der Waals surface area contributed by atoms with Crippen molar-refractivity contribution in [3.8, 4) is 11.5 Å². The number of hydrogen-bond donors (Lipinski definition) is 3. The van der Waals surface area contributed by atoms with Gasteiger partial charge in [-0.05, 0) is 37.0 Å². The fraction of sp³-hybridized carbons (Fsp3) is 0.375. The van der Waals surface area contributed by atoms with Crippen LogP contribution >= 0.6 is 0 Å². The number of carbonyl (C=O) groups excluding carboxylic acids is 2. The van der Waals surface area contributed by atoms with E-state index in [-0.39, 0.29) is 35.0 Å². The molecule has 5 rings (SSSR count). The monoisotopic (exact) mass is 479 g/mol. The number of H-pyrrole nitrogens is 1. The predicted molar refractivity (Wildman–Crippen MR) is 125 cm³/mol. The molecule has 0 saturated heterocycles. The van der Waals surface area contributed by atoms with Gasteiger partial charge in [0, 0.05) is 18.2 Å². The second-order valence-corrected chi connectivity index (χ2v) is 9.14. The average molecular weight is 479 g/mol. The number of nitrogens with one attached hydrogen (secondary N) is 3. The van der Waals surface area contributed by atoms with E-state index in [9.17, 15) is 19.2 Å². The number of pyridine rings is 1. The van der Waals surface area contributed by atoms with E-state index in [1.165, 1.54) is 4.57 Å². The molecule has 1 unspecified atom stereocenters. The Kier molecular flexibility index (Phi) is 5.75. The number of fused-ring (bicyclic) bond motifs is 2. The number of rotatable bonds is 5. The van der Waals surface area contributed by atoms with Crippen LogP contribution in [0.1, 0.15) is 48.7 Å². The molecule has 3 N–H and O–H groups in total. The molecule has 3 aromatic rings. The summed E-state index contributed by atoms with van der Waals surface area (Å²) in [6.45, 7) is 4.18. The highest BCUT2D eigenvalue weighted by molar-refractivity contribution is 6.05. The summed E-state index contributed by atoms with van der Waals surface area (Å²) in [5, 5.41) is -0.00687. The first-order valence-corrected chi connectivity index (χ1v) is 11.5. The number of hydrogen-bond acceptors (Lipinski definition) is 7. The lowest BCUT2D eigenvalue weighted by Crippen LogP contribution is -2.51. The maximum Gasteiger partial charge on any atom is 0.330 e. The summed E-state index contributed by atoms with van der Waals surface area (Å²) in [5.41, 5.74) is 4.24. The molecular formula is C24H25N5O6. The molecule has 1 aliphatic carbocycles. The summed E-state index contributed by atoms with van der Waals surface area (Å²) >= 11 is 0. The van der Waals surface area contributed by atoms with Crippen molar-refractivity contribution in [3.63, 3.8) is 0 Å². The number of carbonyl (C=O) groups is 2. The van der Waals surface area contributed by atoms with Gasteiger partial charge >= 0.3 is 5.69 Å². The van der Waals surface area contributed by atoms with E-state index < -0.39 is 29.2 Å². The van der Waals surface area contributed by atoms with Crippen LogP contribution in [0.4, 0.5) is 0 Å². The van der Waals surface area contributed by atoms with Crippen LogP contribution in [0.15, 0.2) is 39.9 Å². The third-order valence-corrected chi connectivity index (χ3v) is 5.86. The zero-order chi connectivity index (χ0) is 24.7. The zero-order valence-corrected chi connectivity index (χ0v) is 19.3. The summed E-state index contributed by atoms with van der Waals surface area (Å²) in [5.74, 6) is -0.0932. The van der Waals surface area contributed by atoms with Gasteiger partial charge in [0.25, 0.3) is 17.4 Å². The normalized spacial score (nSPS) is 16.8. The van der Waals surface area contributed by atoms with Crippen molar-refractivity contribution in [3.05, 3.63) is 62.4 Å². The zero-order valence-electron chi connectivity index (χ0n) is 19.3. The summed E-state index contributed by atoms with van der Waals surface area (Å²) in [6, 6.07) is 8.51. The van der Waals surface area contributed by atoms with Crippen LogP contribution in [0.3, 0.4) is 0 Å². The predicted octanol–water partition coefficient (Wildman–Crippen LogP) is 1.22. The second kappa shape index (κ2) is 8.90. The van der Waals surface area contributed by atoms with E-state index in [1.54, 1.807) is 30.3 Å². The number of nitrogens with zero attached hydrogens (tertiary/aromatic N) is 2. The van der Waals surface area contributed by atoms with Gasteiger partial charge in [0.15, 0.2) is 17.1 Å². The molecule has 0 radical (unpaired) electrons. The van der Waals surface area contributed by atoms with Crippen LogP contribution in [0.5, 0.6) is 11.5 Å². The quantitative estimate of drug-likeness (QED) is 0.467. The van der Waals surface area contributed by atoms with Crippen molar-refractivity contribution >= 4 is 22.8 Å². The van der Waals surface area contributed by atoms with Crippen molar-refractivity contribution in [2.24, 2.45) is 5.92 Å². The number of benzene rings is 1. The van der Waals surface area contributed by atoms with Crippen LogP contribution in [-0.2, 0) is 11.3 Å². The lowest BCUT2D eigenvalue weighted by Gasteiger charge is -2.25. The maximum atomic E-state index is 13.1. The van der Waals surface area contributed by atoms with Gasteiger partial charge < -0.3 is 9.47 Å². The third-order valence-electron chi connectivity index (χ3n) is 5.86. The molecule has 2 amide bonds. The Morgan fingerprint density at radius 2 is 1.91 bits per heavy atom. The number of amides is 2. The Balaban J connectivity index is 1.43. The molecule has 1 aromatic carbocycles. The van der Waals surface area contributed by atoms with Crippen LogP contribution in [0.2, 0.25) is 0 Å². The van der Waals surface area contributed by atoms with Crippen LogP contribution in [0.25, 0.3) is 11.0 Å². The Labute approximate surface area is 199 Å². The largest absolute Gasteiger partial charge is 0.485 e. The van der Waals surface area contributed by atoms with E-state index in [2.05, 4.69) is 20.8 Å². The fourth-order valence-electron chi connectivity index (χ4n) is 4.01. The highest BCUT2D eigenvalue weighted by Gasteiger charge is 2.30. The van der Waals surface area contributed by atoms with E-state index >= 15 is 0 Å². The minimum atomic E-state index is -0.971. The SMILES string of the molecule is CC(C)Cn1c(=O)[nH]c(=O)c2c(C(=O)NNC(=O)C3COc4ccccc4O3)cc(C3CC3)nc21. The highest BCUT2D eigenvalue weighted by Crippen LogP contribution is 2.40. The number of hydrazine groups is 1. The number of aromatic amines is 1. The van der Waals surface area contributed by atoms with Gasteiger partial charge in [0.1, 0.15) is 6.61 Å². The van der Waals surface area contributed by atoms with E-state index in [0.29, 0.717) is 23.7 Å². The highest BCUT2D eigenvalue weighted by atomic mass is 16.6. The summed E-state index contributed by atoms with van der Waals surface area (Å²) in [7, 11) is 0. The molecule has 2 aliphatic rings. The first kappa shape index (κ1) is 22.6. The average Bonchev–Trinajstić information content (AvgIpc) is 3.69. The molecule has 2 aromatic heterocycles. The van der Waals surface area contributed by atoms with Crippen molar-refractivity contribution < 1.29 is 19.1 Å². The first-order chi connectivity index (χ1) is 16.8. The molecular weight excluding hydrogens is 454 g/mol. The minimum absolute atomic E-state index is 0.00687. The summed E-state index contributed by atoms with van der Waals surface area (Å²) in [4.78, 5) is 57.9. The smallest absolute Gasteiger partial charge is 0.330 e. The van der Waals surface area contributed by atoms with Gasteiger partial charge in [0.05, 0.1) is 10.9 Å². The lowest BCUT2D eigenvalue weighted by atomic mass is 10.1. The molecule has 11 heteroatoms. The molecule has 182 valence electrons. The molecule has 1 atom stereocenters. The number of aromatic nitrogens is 3. The van der Waals surface area contributed by atoms with Crippen molar-refractivity contribution in [1.29, 1.82) is 0 Å². The number of para-hydroxylation sites is 2. The van der Waals surface area contributed by atoms with E-state index in [1.807, 2.05) is 13.8 Å². The van der Waals surface area contributed by atoms with Gasteiger partial charge in [-0.1, -0.05) is 26.0 Å². The Morgan fingerprint density at radius 3 is 2.63 bits per heavy atom.